The topological polar surface area (TPSA) is 88.3 Å². The Hall–Kier alpha value is -1.92. The van der Waals surface area contributed by atoms with Gasteiger partial charge in [0.05, 0.1) is 6.54 Å². The number of amides is 2. The molecule has 0 spiro atoms. The minimum Gasteiger partial charge on any atom is -0.343 e. The summed E-state index contributed by atoms with van der Waals surface area (Å²) in [4.78, 5) is 29.2. The third-order valence-corrected chi connectivity index (χ3v) is 2.80. The van der Waals surface area contributed by atoms with Gasteiger partial charge in [-0.3, -0.25) is 9.59 Å². The van der Waals surface area contributed by atoms with Crippen LogP contribution in [0.3, 0.4) is 0 Å². The van der Waals surface area contributed by atoms with Crippen LogP contribution in [0, 0.1) is 5.41 Å². The smallest absolute Gasteiger partial charge is 0.246 e. The zero-order valence-electron chi connectivity index (χ0n) is 10.6. The maximum absolute atomic E-state index is 12.3. The van der Waals surface area contributed by atoms with E-state index >= 15 is 0 Å². The molecule has 1 aromatic rings. The summed E-state index contributed by atoms with van der Waals surface area (Å²) in [6.07, 6.45) is 1.20. The molecule has 1 atom stereocenters. The molecule has 1 saturated heterocycles. The average Bonchev–Trinajstić information content (AvgIpc) is 2.74. The van der Waals surface area contributed by atoms with E-state index in [0.29, 0.717) is 5.82 Å². The Morgan fingerprint density at radius 2 is 2.22 bits per heavy atom. The summed E-state index contributed by atoms with van der Waals surface area (Å²) < 4.78 is 4.61. The zero-order chi connectivity index (χ0) is 13.3. The maximum atomic E-state index is 12.3. The molecule has 98 valence electrons. The second-order valence-electron chi connectivity index (χ2n) is 5.41. The van der Waals surface area contributed by atoms with Crippen molar-refractivity contribution in [3.8, 4) is 0 Å². The van der Waals surface area contributed by atoms with E-state index in [1.54, 1.807) is 0 Å². The van der Waals surface area contributed by atoms with Crippen LogP contribution in [0.2, 0.25) is 0 Å². The molecule has 0 aromatic carbocycles. The van der Waals surface area contributed by atoms with Gasteiger partial charge >= 0.3 is 0 Å². The predicted molar refractivity (Wildman–Crippen MR) is 61.1 cm³/mol. The van der Waals surface area contributed by atoms with Gasteiger partial charge in [-0.15, -0.1) is 0 Å². The largest absolute Gasteiger partial charge is 0.343 e. The molecule has 0 aliphatic carbocycles. The number of carbonyl (C=O) groups is 2. The molecule has 2 amide bonds. The third-order valence-electron chi connectivity index (χ3n) is 2.80. The van der Waals surface area contributed by atoms with Gasteiger partial charge in [-0.1, -0.05) is 25.9 Å². The van der Waals surface area contributed by atoms with Crippen molar-refractivity contribution in [3.63, 3.8) is 0 Å². The summed E-state index contributed by atoms with van der Waals surface area (Å²) in [5.74, 6) is 0.107. The normalized spacial score (nSPS) is 21.1. The molecule has 7 heteroatoms. The van der Waals surface area contributed by atoms with Crippen LogP contribution >= 0.6 is 0 Å². The van der Waals surface area contributed by atoms with Crippen molar-refractivity contribution in [1.29, 1.82) is 0 Å². The van der Waals surface area contributed by atoms with Crippen molar-refractivity contribution in [3.05, 3.63) is 12.2 Å². The van der Waals surface area contributed by atoms with E-state index < -0.39 is 6.04 Å². The van der Waals surface area contributed by atoms with Crippen molar-refractivity contribution in [2.75, 3.05) is 6.54 Å². The number of aromatic nitrogens is 2. The lowest BCUT2D eigenvalue weighted by Gasteiger charge is -2.38. The highest BCUT2D eigenvalue weighted by Crippen LogP contribution is 2.23. The number of nitrogens with one attached hydrogen (secondary N) is 1. The molecule has 0 radical (unpaired) electrons. The summed E-state index contributed by atoms with van der Waals surface area (Å²) in [6, 6.07) is -0.523. The van der Waals surface area contributed by atoms with Crippen molar-refractivity contribution < 1.29 is 14.1 Å². The summed E-state index contributed by atoms with van der Waals surface area (Å²) >= 11 is 0. The van der Waals surface area contributed by atoms with E-state index in [1.165, 1.54) is 11.3 Å². The van der Waals surface area contributed by atoms with Gasteiger partial charge in [-0.2, -0.15) is 4.98 Å². The van der Waals surface area contributed by atoms with E-state index in [0.717, 1.165) is 0 Å². The standard InChI is InChI=1S/C11H16N4O3/c1-11(2,3)9-10(17)15(5-8(16)13-9)4-7-12-6-18-14-7/h6,9H,4-5H2,1-3H3,(H,13,16). The molecule has 1 N–H and O–H groups in total. The monoisotopic (exact) mass is 252 g/mol. The number of piperazine rings is 1. The molecule has 1 aliphatic heterocycles. The second-order valence-corrected chi connectivity index (χ2v) is 5.41. The summed E-state index contributed by atoms with van der Waals surface area (Å²) in [5.41, 5.74) is -0.331. The second kappa shape index (κ2) is 4.40. The first-order valence-electron chi connectivity index (χ1n) is 5.71. The van der Waals surface area contributed by atoms with Crippen LogP contribution in [-0.2, 0) is 16.1 Å². The Labute approximate surface area is 105 Å². The fourth-order valence-electron chi connectivity index (χ4n) is 1.86. The first-order chi connectivity index (χ1) is 8.38. The van der Waals surface area contributed by atoms with Crippen LogP contribution in [0.5, 0.6) is 0 Å². The lowest BCUT2D eigenvalue weighted by Crippen LogP contribution is -2.61. The molecular formula is C11H16N4O3. The first kappa shape index (κ1) is 12.5. The minimum absolute atomic E-state index is 0.0277. The van der Waals surface area contributed by atoms with Crippen molar-refractivity contribution in [1.82, 2.24) is 20.4 Å². The molecule has 1 fully saturated rings. The lowest BCUT2D eigenvalue weighted by molar-refractivity contribution is -0.148. The number of hydrogen-bond acceptors (Lipinski definition) is 5. The van der Waals surface area contributed by atoms with Crippen LogP contribution in [-0.4, -0.2) is 39.4 Å². The molecular weight excluding hydrogens is 236 g/mol. The maximum Gasteiger partial charge on any atom is 0.246 e. The highest BCUT2D eigenvalue weighted by Gasteiger charge is 2.40. The first-order valence-corrected chi connectivity index (χ1v) is 5.71. The molecule has 18 heavy (non-hydrogen) atoms. The van der Waals surface area contributed by atoms with Gasteiger partial charge in [-0.05, 0) is 5.41 Å². The Bertz CT molecular complexity index is 449. The number of rotatable bonds is 2. The van der Waals surface area contributed by atoms with Gasteiger partial charge in [-0.25, -0.2) is 0 Å². The Morgan fingerprint density at radius 3 is 2.78 bits per heavy atom. The summed E-state index contributed by atoms with van der Waals surface area (Å²) in [6.45, 7) is 5.95. The molecule has 2 heterocycles. The summed E-state index contributed by atoms with van der Waals surface area (Å²) in [7, 11) is 0. The molecule has 1 aromatic heterocycles. The lowest BCUT2D eigenvalue weighted by atomic mass is 9.85. The quantitative estimate of drug-likeness (QED) is 0.796. The Kier molecular flexibility index (Phi) is 3.06. The van der Waals surface area contributed by atoms with Crippen molar-refractivity contribution >= 4 is 11.8 Å². The fourth-order valence-corrected chi connectivity index (χ4v) is 1.86. The van der Waals surface area contributed by atoms with E-state index in [-0.39, 0.29) is 30.3 Å². The van der Waals surface area contributed by atoms with E-state index in [2.05, 4.69) is 20.0 Å². The van der Waals surface area contributed by atoms with Crippen LogP contribution in [0.1, 0.15) is 26.6 Å². The van der Waals surface area contributed by atoms with Crippen molar-refractivity contribution in [2.24, 2.45) is 5.41 Å². The number of nitrogens with zero attached hydrogens (tertiary/aromatic N) is 3. The van der Waals surface area contributed by atoms with Gasteiger partial charge in [0, 0.05) is 0 Å². The van der Waals surface area contributed by atoms with E-state index in [9.17, 15) is 9.59 Å². The third kappa shape index (κ3) is 2.49. The van der Waals surface area contributed by atoms with Gasteiger partial charge < -0.3 is 14.7 Å². The van der Waals surface area contributed by atoms with Crippen molar-refractivity contribution in [2.45, 2.75) is 33.4 Å². The van der Waals surface area contributed by atoms with E-state index in [4.69, 9.17) is 0 Å². The molecule has 2 rings (SSSR count). The molecule has 1 unspecified atom stereocenters. The van der Waals surface area contributed by atoms with Gasteiger partial charge in [0.2, 0.25) is 18.2 Å². The van der Waals surface area contributed by atoms with Crippen LogP contribution in [0.4, 0.5) is 0 Å². The Balaban J connectivity index is 2.15. The minimum atomic E-state index is -0.523. The zero-order valence-corrected chi connectivity index (χ0v) is 10.6. The van der Waals surface area contributed by atoms with Gasteiger partial charge in [0.25, 0.3) is 0 Å². The SMILES string of the molecule is CC(C)(C)C1NC(=O)CN(Cc2ncon2)C1=O. The highest BCUT2D eigenvalue weighted by molar-refractivity contribution is 5.95. The van der Waals surface area contributed by atoms with Crippen LogP contribution in [0.25, 0.3) is 0 Å². The van der Waals surface area contributed by atoms with Gasteiger partial charge in [0.1, 0.15) is 12.6 Å². The highest BCUT2D eigenvalue weighted by atomic mass is 16.5. The predicted octanol–water partition coefficient (Wildman–Crippen LogP) is -0.0573. The molecule has 0 saturated carbocycles. The van der Waals surface area contributed by atoms with Crippen LogP contribution < -0.4 is 5.32 Å². The number of hydrogen-bond donors (Lipinski definition) is 1. The summed E-state index contributed by atoms with van der Waals surface area (Å²) in [5, 5.41) is 6.37. The Morgan fingerprint density at radius 1 is 1.50 bits per heavy atom. The number of carbonyl (C=O) groups excluding carboxylic acids is 2. The van der Waals surface area contributed by atoms with Crippen LogP contribution in [0.15, 0.2) is 10.9 Å². The fraction of sp³-hybridized carbons (Fsp3) is 0.636. The van der Waals surface area contributed by atoms with E-state index in [1.807, 2.05) is 20.8 Å². The molecule has 1 aliphatic rings. The van der Waals surface area contributed by atoms with Gasteiger partial charge in [0.15, 0.2) is 5.82 Å². The average molecular weight is 252 g/mol. The molecule has 0 bridgehead atoms. The molecule has 7 nitrogen and oxygen atoms in total.